The van der Waals surface area contributed by atoms with Crippen LogP contribution in [-0.4, -0.2) is 54.0 Å². The lowest BCUT2D eigenvalue weighted by Crippen LogP contribution is -2.58. The van der Waals surface area contributed by atoms with Crippen LogP contribution in [0.25, 0.3) is 0 Å². The molecular formula is C33H36N4O5S. The number of ether oxygens (including phenoxy) is 2. The van der Waals surface area contributed by atoms with E-state index in [0.717, 1.165) is 16.0 Å². The van der Waals surface area contributed by atoms with Crippen LogP contribution in [0.15, 0.2) is 89.8 Å². The Hall–Kier alpha value is -4.33. The van der Waals surface area contributed by atoms with Gasteiger partial charge in [-0.05, 0) is 50.5 Å². The van der Waals surface area contributed by atoms with Crippen LogP contribution >= 0.6 is 11.8 Å². The smallest absolute Gasteiger partial charge is 0.407 e. The molecule has 0 saturated carbocycles. The summed E-state index contributed by atoms with van der Waals surface area (Å²) in [6, 6.07) is 25.9. The van der Waals surface area contributed by atoms with Crippen molar-refractivity contribution in [3.05, 3.63) is 96.1 Å². The van der Waals surface area contributed by atoms with Gasteiger partial charge in [-0.3, -0.25) is 19.8 Å². The predicted molar refractivity (Wildman–Crippen MR) is 165 cm³/mol. The lowest BCUT2D eigenvalue weighted by atomic mass is 9.99. The molecule has 4 rings (SSSR count). The Labute approximate surface area is 256 Å². The third-order valence-corrected chi connectivity index (χ3v) is 7.73. The van der Waals surface area contributed by atoms with Crippen molar-refractivity contribution in [2.24, 2.45) is 0 Å². The van der Waals surface area contributed by atoms with Crippen LogP contribution in [-0.2, 0) is 32.1 Å². The molecule has 0 aliphatic carbocycles. The standard InChI is InChI=1S/C33H36N4O5S/c1-33(2,3)42-30(38)20-37-28-16-10-11-17-29(28)43-22-27(31(37)39)35-26(19-34)25(18-23-12-6-4-7-13-23)36-32(40)41-21-24-14-8-5-9-15-24/h4-17,25-27,35H,18,20-22H2,1-3H3,(H,36,40). The first-order chi connectivity index (χ1) is 20.6. The van der Waals surface area contributed by atoms with Crippen LogP contribution in [0, 0.1) is 11.3 Å². The van der Waals surface area contributed by atoms with Crippen molar-refractivity contribution >= 4 is 35.4 Å². The third kappa shape index (κ3) is 9.33. The summed E-state index contributed by atoms with van der Waals surface area (Å²) in [5, 5.41) is 16.3. The highest BCUT2D eigenvalue weighted by atomic mass is 32.2. The van der Waals surface area contributed by atoms with E-state index in [1.165, 1.54) is 16.7 Å². The number of carbonyl (C=O) groups is 3. The SMILES string of the molecule is CC(C)(C)OC(=O)CN1C(=O)C(NC(C#N)C(Cc2ccccc2)NC(=O)OCc2ccccc2)CSc2ccccc21. The molecule has 3 unspecified atom stereocenters. The molecule has 2 N–H and O–H groups in total. The summed E-state index contributed by atoms with van der Waals surface area (Å²) in [4.78, 5) is 41.9. The molecule has 0 saturated heterocycles. The molecule has 3 aromatic carbocycles. The van der Waals surface area contributed by atoms with Crippen LogP contribution in [0.4, 0.5) is 10.5 Å². The zero-order valence-electron chi connectivity index (χ0n) is 24.5. The number of benzene rings is 3. The predicted octanol–water partition coefficient (Wildman–Crippen LogP) is 4.86. The number of nitrogens with one attached hydrogen (secondary N) is 2. The van der Waals surface area contributed by atoms with Crippen LogP contribution in [0.2, 0.25) is 0 Å². The number of carbonyl (C=O) groups excluding carboxylic acids is 3. The maximum absolute atomic E-state index is 13.9. The maximum atomic E-state index is 13.9. The molecule has 1 heterocycles. The molecule has 10 heteroatoms. The lowest BCUT2D eigenvalue weighted by Gasteiger charge is -2.30. The topological polar surface area (TPSA) is 121 Å². The number of nitriles is 1. The van der Waals surface area contributed by atoms with Crippen LogP contribution in [0.5, 0.6) is 0 Å². The fourth-order valence-corrected chi connectivity index (χ4v) is 5.72. The molecule has 43 heavy (non-hydrogen) atoms. The van der Waals surface area contributed by atoms with Crippen LogP contribution < -0.4 is 15.5 Å². The number of esters is 1. The van der Waals surface area contributed by atoms with Gasteiger partial charge in [-0.15, -0.1) is 11.8 Å². The quantitative estimate of drug-likeness (QED) is 0.317. The molecule has 224 valence electrons. The zero-order valence-corrected chi connectivity index (χ0v) is 25.3. The number of anilines is 1. The van der Waals surface area contributed by atoms with Gasteiger partial charge in [-0.25, -0.2) is 4.79 Å². The third-order valence-electron chi connectivity index (χ3n) is 6.57. The Morgan fingerprint density at radius 3 is 2.28 bits per heavy atom. The minimum atomic E-state index is -0.955. The van der Waals surface area contributed by atoms with E-state index in [0.29, 0.717) is 17.9 Å². The van der Waals surface area contributed by atoms with E-state index in [1.54, 1.807) is 26.8 Å². The second-order valence-corrected chi connectivity index (χ2v) is 12.2. The van der Waals surface area contributed by atoms with Crippen molar-refractivity contribution in [3.63, 3.8) is 0 Å². The van der Waals surface area contributed by atoms with Crippen molar-refractivity contribution in [1.82, 2.24) is 10.6 Å². The van der Waals surface area contributed by atoms with Crippen molar-refractivity contribution in [2.45, 2.75) is 62.4 Å². The molecule has 0 aromatic heterocycles. The van der Waals surface area contributed by atoms with Crippen LogP contribution in [0.1, 0.15) is 31.9 Å². The van der Waals surface area contributed by atoms with Crippen LogP contribution in [0.3, 0.4) is 0 Å². The number of alkyl carbamates (subject to hydrolysis) is 1. The minimum Gasteiger partial charge on any atom is -0.459 e. The van der Waals surface area contributed by atoms with E-state index < -0.39 is 35.8 Å². The fraction of sp³-hybridized carbons (Fsp3) is 0.333. The van der Waals surface area contributed by atoms with Gasteiger partial charge in [0.2, 0.25) is 5.91 Å². The van der Waals surface area contributed by atoms with Gasteiger partial charge in [0, 0.05) is 10.6 Å². The number of hydrogen-bond donors (Lipinski definition) is 2. The number of fused-ring (bicyclic) bond motifs is 1. The average molecular weight is 601 g/mol. The molecule has 1 aliphatic heterocycles. The van der Waals surface area contributed by atoms with Crippen molar-refractivity contribution in [3.8, 4) is 6.07 Å². The summed E-state index contributed by atoms with van der Waals surface area (Å²) in [5.41, 5.74) is 1.62. The van der Waals surface area contributed by atoms with Gasteiger partial charge in [0.15, 0.2) is 0 Å². The molecular weight excluding hydrogens is 564 g/mol. The summed E-state index contributed by atoms with van der Waals surface area (Å²) in [6.45, 7) is 5.11. The second-order valence-electron chi connectivity index (χ2n) is 11.1. The summed E-state index contributed by atoms with van der Waals surface area (Å²) in [5.74, 6) is -0.591. The van der Waals surface area contributed by atoms with E-state index in [9.17, 15) is 19.6 Å². The minimum absolute atomic E-state index is 0.0744. The van der Waals surface area contributed by atoms with Crippen molar-refractivity contribution < 1.29 is 23.9 Å². The number of para-hydroxylation sites is 1. The number of thioether (sulfide) groups is 1. The molecule has 0 spiro atoms. The number of nitrogens with zero attached hydrogens (tertiary/aromatic N) is 2. The highest BCUT2D eigenvalue weighted by Crippen LogP contribution is 2.34. The highest BCUT2D eigenvalue weighted by molar-refractivity contribution is 7.99. The molecule has 0 fully saturated rings. The average Bonchev–Trinajstić information content (AvgIpc) is 3.11. The first-order valence-corrected chi connectivity index (χ1v) is 15.0. The molecule has 3 atom stereocenters. The van der Waals surface area contributed by atoms with Gasteiger partial charge in [0.25, 0.3) is 0 Å². The van der Waals surface area contributed by atoms with Gasteiger partial charge in [-0.1, -0.05) is 72.8 Å². The Bertz CT molecular complexity index is 1440. The van der Waals surface area contributed by atoms with Crippen molar-refractivity contribution in [2.75, 3.05) is 17.2 Å². The number of hydrogen-bond acceptors (Lipinski definition) is 8. The number of amides is 2. The van der Waals surface area contributed by atoms with Gasteiger partial charge >= 0.3 is 12.1 Å². The summed E-state index contributed by atoms with van der Waals surface area (Å²) in [7, 11) is 0. The normalized spacial score (nSPS) is 16.2. The second kappa shape index (κ2) is 14.7. The summed E-state index contributed by atoms with van der Waals surface area (Å²) < 4.78 is 11.0. The molecule has 0 bridgehead atoms. The van der Waals surface area contributed by atoms with Gasteiger partial charge < -0.3 is 14.8 Å². The summed E-state index contributed by atoms with van der Waals surface area (Å²) >= 11 is 1.45. The molecule has 2 amide bonds. The first-order valence-electron chi connectivity index (χ1n) is 14.0. The Morgan fingerprint density at radius 2 is 1.63 bits per heavy atom. The maximum Gasteiger partial charge on any atom is 0.407 e. The fourth-order valence-electron chi connectivity index (χ4n) is 4.64. The molecule has 1 aliphatic rings. The van der Waals surface area contributed by atoms with E-state index in [1.807, 2.05) is 78.9 Å². The van der Waals surface area contributed by atoms with Crippen molar-refractivity contribution in [1.29, 1.82) is 5.26 Å². The Balaban J connectivity index is 1.54. The van der Waals surface area contributed by atoms with E-state index >= 15 is 0 Å². The molecule has 0 radical (unpaired) electrons. The summed E-state index contributed by atoms with van der Waals surface area (Å²) in [6.07, 6.45) is -0.352. The monoisotopic (exact) mass is 600 g/mol. The highest BCUT2D eigenvalue weighted by Gasteiger charge is 2.36. The number of rotatable bonds is 10. The van der Waals surface area contributed by atoms with E-state index in [2.05, 4.69) is 16.7 Å². The zero-order chi connectivity index (χ0) is 30.8. The van der Waals surface area contributed by atoms with E-state index in [4.69, 9.17) is 9.47 Å². The van der Waals surface area contributed by atoms with Gasteiger partial charge in [0.05, 0.1) is 23.8 Å². The Morgan fingerprint density at radius 1 is 1.00 bits per heavy atom. The largest absolute Gasteiger partial charge is 0.459 e. The van der Waals surface area contributed by atoms with E-state index in [-0.39, 0.29) is 19.1 Å². The molecule has 3 aromatic rings. The Kier molecular flexibility index (Phi) is 10.8. The van der Waals surface area contributed by atoms with Gasteiger partial charge in [-0.2, -0.15) is 5.26 Å². The lowest BCUT2D eigenvalue weighted by molar-refractivity contribution is -0.153. The first kappa shape index (κ1) is 31.6. The van der Waals surface area contributed by atoms with Gasteiger partial charge in [0.1, 0.15) is 24.8 Å². The molecule has 9 nitrogen and oxygen atoms in total.